The summed E-state index contributed by atoms with van der Waals surface area (Å²) in [5.74, 6) is 0. The van der Waals surface area contributed by atoms with E-state index in [0.29, 0.717) is 0 Å². The van der Waals surface area contributed by atoms with Crippen LogP contribution in [0, 0.1) is 0 Å². The minimum absolute atomic E-state index is 0.630. The maximum atomic E-state index is 10.5. The van der Waals surface area contributed by atoms with E-state index in [9.17, 15) is 4.79 Å². The molecule has 0 atom stereocenters. The Morgan fingerprint density at radius 1 is 1.33 bits per heavy atom. The molecule has 0 spiro atoms. The minimum atomic E-state index is -0.630. The van der Waals surface area contributed by atoms with Gasteiger partial charge in [-0.15, -0.1) is 0 Å². The molecule has 0 fully saturated rings. The van der Waals surface area contributed by atoms with Gasteiger partial charge in [0.2, 0.25) is 0 Å². The van der Waals surface area contributed by atoms with Crippen LogP contribution in [0.15, 0.2) is 47.6 Å². The van der Waals surface area contributed by atoms with E-state index >= 15 is 0 Å². The van der Waals surface area contributed by atoms with Crippen LogP contribution >= 0.6 is 0 Å². The summed E-state index contributed by atoms with van der Waals surface area (Å²) in [6.07, 6.45) is 6.57. The lowest BCUT2D eigenvalue weighted by Crippen LogP contribution is -2.25. The molecule has 96 valence electrons. The number of allylic oxidation sites excluding steroid dienone is 2. The van der Waals surface area contributed by atoms with Gasteiger partial charge in [0, 0.05) is 12.1 Å². The maximum Gasteiger partial charge on any atom is 0.332 e. The monoisotopic (exact) mass is 245 g/mol. The number of rotatable bonds is 6. The molecule has 0 aliphatic rings. The van der Waals surface area contributed by atoms with Crippen molar-refractivity contribution in [2.24, 2.45) is 10.8 Å². The molecule has 0 saturated heterocycles. The van der Waals surface area contributed by atoms with E-state index in [-0.39, 0.29) is 0 Å². The Kier molecular flexibility index (Phi) is 6.25. The Bertz CT molecular complexity index is 424. The number of hydrogen-bond donors (Lipinski definition) is 2. The second-order valence-corrected chi connectivity index (χ2v) is 3.87. The molecule has 18 heavy (non-hydrogen) atoms. The summed E-state index contributed by atoms with van der Waals surface area (Å²) in [5.41, 5.74) is 9.38. The number of carbonyl (C=O) groups is 1. The van der Waals surface area contributed by atoms with Gasteiger partial charge in [0.25, 0.3) is 0 Å². The van der Waals surface area contributed by atoms with Crippen LogP contribution in [0.3, 0.4) is 0 Å². The van der Waals surface area contributed by atoms with Crippen LogP contribution in [0.2, 0.25) is 0 Å². The normalized spacial score (nSPS) is 11.7. The first-order chi connectivity index (χ1) is 8.72. The smallest absolute Gasteiger partial charge is 0.332 e. The lowest BCUT2D eigenvalue weighted by molar-refractivity contribution is 0.249. The molecule has 0 radical (unpaired) electrons. The second kappa shape index (κ2) is 8.06. The Morgan fingerprint density at radius 2 is 2.06 bits per heavy atom. The number of carbonyl (C=O) groups excluding carboxylic acids is 1. The fraction of sp³-hybridized carbons (Fsp3) is 0.286. The van der Waals surface area contributed by atoms with Crippen molar-refractivity contribution in [1.82, 2.24) is 5.43 Å². The van der Waals surface area contributed by atoms with Crippen molar-refractivity contribution in [3.8, 4) is 0 Å². The third-order valence-corrected chi connectivity index (χ3v) is 2.45. The zero-order chi connectivity index (χ0) is 13.2. The average Bonchev–Trinajstić information content (AvgIpc) is 2.39. The van der Waals surface area contributed by atoms with E-state index in [4.69, 9.17) is 5.73 Å². The van der Waals surface area contributed by atoms with E-state index in [2.05, 4.69) is 34.8 Å². The van der Waals surface area contributed by atoms with Crippen molar-refractivity contribution in [3.05, 3.63) is 48.0 Å². The van der Waals surface area contributed by atoms with Crippen LogP contribution in [0.25, 0.3) is 0 Å². The Balaban J connectivity index is 2.38. The highest BCUT2D eigenvalue weighted by molar-refractivity contribution is 5.86. The van der Waals surface area contributed by atoms with Gasteiger partial charge < -0.3 is 5.73 Å². The fourth-order valence-electron chi connectivity index (χ4n) is 1.46. The quantitative estimate of drug-likeness (QED) is 0.451. The van der Waals surface area contributed by atoms with Crippen LogP contribution in [0.4, 0.5) is 4.79 Å². The highest BCUT2D eigenvalue weighted by atomic mass is 16.2. The first-order valence-electron chi connectivity index (χ1n) is 6.02. The van der Waals surface area contributed by atoms with Crippen molar-refractivity contribution in [3.63, 3.8) is 0 Å². The number of hydrazone groups is 1. The summed E-state index contributed by atoms with van der Waals surface area (Å²) in [5, 5.41) is 3.93. The molecule has 1 aromatic carbocycles. The number of nitrogens with zero attached hydrogens (tertiary/aromatic N) is 1. The first-order valence-corrected chi connectivity index (χ1v) is 6.02. The van der Waals surface area contributed by atoms with E-state index < -0.39 is 6.03 Å². The molecule has 0 saturated carbocycles. The lowest BCUT2D eigenvalue weighted by Gasteiger charge is -2.00. The van der Waals surface area contributed by atoms with E-state index in [0.717, 1.165) is 25.0 Å². The Labute approximate surface area is 108 Å². The van der Waals surface area contributed by atoms with Crippen LogP contribution in [-0.4, -0.2) is 11.7 Å². The molecule has 0 bridgehead atoms. The number of primary amides is 1. The van der Waals surface area contributed by atoms with Crippen molar-refractivity contribution in [2.45, 2.75) is 26.2 Å². The van der Waals surface area contributed by atoms with Crippen molar-refractivity contribution >= 4 is 11.7 Å². The van der Waals surface area contributed by atoms with E-state index in [1.54, 1.807) is 0 Å². The Hall–Kier alpha value is -2.10. The van der Waals surface area contributed by atoms with Gasteiger partial charge in [-0.05, 0) is 18.4 Å². The first kappa shape index (κ1) is 14.0. The summed E-state index contributed by atoms with van der Waals surface area (Å²) < 4.78 is 0. The summed E-state index contributed by atoms with van der Waals surface area (Å²) in [7, 11) is 0. The number of urea groups is 1. The van der Waals surface area contributed by atoms with Gasteiger partial charge in [-0.3, -0.25) is 0 Å². The molecular formula is C14H19N3O. The van der Waals surface area contributed by atoms with Gasteiger partial charge in [0.15, 0.2) is 0 Å². The van der Waals surface area contributed by atoms with Crippen molar-refractivity contribution < 1.29 is 4.79 Å². The molecule has 0 aromatic heterocycles. The molecule has 0 unspecified atom stereocenters. The number of nitrogens with two attached hydrogens (primary N) is 1. The van der Waals surface area contributed by atoms with Crippen LogP contribution in [0.5, 0.6) is 0 Å². The van der Waals surface area contributed by atoms with Gasteiger partial charge in [-0.2, -0.15) is 5.10 Å². The molecule has 1 aromatic rings. The van der Waals surface area contributed by atoms with E-state index in [1.807, 2.05) is 25.1 Å². The van der Waals surface area contributed by atoms with Crippen molar-refractivity contribution in [1.29, 1.82) is 0 Å². The maximum absolute atomic E-state index is 10.5. The zero-order valence-electron chi connectivity index (χ0n) is 10.6. The highest BCUT2D eigenvalue weighted by Gasteiger charge is 1.94. The molecular weight excluding hydrogens is 226 g/mol. The number of amides is 2. The summed E-state index contributed by atoms with van der Waals surface area (Å²) in [6, 6.07) is 9.61. The number of nitrogens with one attached hydrogen (secondary N) is 1. The highest BCUT2D eigenvalue weighted by Crippen LogP contribution is 2.01. The van der Waals surface area contributed by atoms with E-state index in [1.165, 1.54) is 5.56 Å². The number of benzene rings is 1. The topological polar surface area (TPSA) is 67.5 Å². The van der Waals surface area contributed by atoms with Crippen molar-refractivity contribution in [2.75, 3.05) is 0 Å². The van der Waals surface area contributed by atoms with Gasteiger partial charge in [0.05, 0.1) is 0 Å². The van der Waals surface area contributed by atoms with Gasteiger partial charge in [-0.25, -0.2) is 10.2 Å². The summed E-state index contributed by atoms with van der Waals surface area (Å²) in [4.78, 5) is 10.5. The standard InChI is InChI=1S/C14H19N3O/c1-2-13(16-17-14(15)18)11-7-6-10-12-8-4-3-5-9-12/h3-9H,2,10-11H2,1H3,(H3,15,17,18). The Morgan fingerprint density at radius 3 is 2.67 bits per heavy atom. The molecule has 4 heteroatoms. The van der Waals surface area contributed by atoms with Crippen LogP contribution < -0.4 is 11.2 Å². The third-order valence-electron chi connectivity index (χ3n) is 2.45. The molecule has 0 aliphatic carbocycles. The predicted molar refractivity (Wildman–Crippen MR) is 74.3 cm³/mol. The lowest BCUT2D eigenvalue weighted by atomic mass is 10.1. The predicted octanol–water partition coefficient (Wildman–Crippen LogP) is 2.61. The molecule has 4 nitrogen and oxygen atoms in total. The van der Waals surface area contributed by atoms with Crippen LogP contribution in [0.1, 0.15) is 25.3 Å². The molecule has 2 amide bonds. The number of hydrogen-bond acceptors (Lipinski definition) is 2. The molecule has 0 aliphatic heterocycles. The average molecular weight is 245 g/mol. The minimum Gasteiger partial charge on any atom is -0.350 e. The van der Waals surface area contributed by atoms with Gasteiger partial charge >= 0.3 is 6.03 Å². The molecule has 3 N–H and O–H groups in total. The second-order valence-electron chi connectivity index (χ2n) is 3.87. The van der Waals surface area contributed by atoms with Crippen LogP contribution in [-0.2, 0) is 6.42 Å². The van der Waals surface area contributed by atoms with Gasteiger partial charge in [-0.1, -0.05) is 49.4 Å². The molecule has 1 rings (SSSR count). The summed E-state index contributed by atoms with van der Waals surface area (Å²) in [6.45, 7) is 1.99. The summed E-state index contributed by atoms with van der Waals surface area (Å²) >= 11 is 0. The SMILES string of the molecule is CCC(CC=CCc1ccccc1)=NNC(N)=O. The molecule has 0 heterocycles. The fourth-order valence-corrected chi connectivity index (χ4v) is 1.46. The zero-order valence-corrected chi connectivity index (χ0v) is 10.6. The third kappa shape index (κ3) is 5.84. The van der Waals surface area contributed by atoms with Gasteiger partial charge in [0.1, 0.15) is 0 Å². The largest absolute Gasteiger partial charge is 0.350 e.